The van der Waals surface area contributed by atoms with Crippen molar-refractivity contribution < 1.29 is 9.84 Å². The lowest BCUT2D eigenvalue weighted by molar-refractivity contribution is -0.0180. The van der Waals surface area contributed by atoms with Crippen LogP contribution in [0.1, 0.15) is 30.0 Å². The summed E-state index contributed by atoms with van der Waals surface area (Å²) in [5.74, 6) is 2.14. The third-order valence-corrected chi connectivity index (χ3v) is 5.49. The summed E-state index contributed by atoms with van der Waals surface area (Å²) >= 11 is 8.01. The molecule has 0 saturated carbocycles. The molecular weight excluding hydrogens is 356 g/mol. The molecule has 2 aliphatic heterocycles. The van der Waals surface area contributed by atoms with Gasteiger partial charge in [-0.3, -0.25) is 5.01 Å². The van der Waals surface area contributed by atoms with Crippen LogP contribution in [-0.4, -0.2) is 34.1 Å². The van der Waals surface area contributed by atoms with E-state index in [1.54, 1.807) is 17.8 Å². The van der Waals surface area contributed by atoms with Gasteiger partial charge in [0.05, 0.1) is 11.8 Å². The first-order chi connectivity index (χ1) is 12.2. The summed E-state index contributed by atoms with van der Waals surface area (Å²) in [5, 5.41) is 17.7. The van der Waals surface area contributed by atoms with Crippen LogP contribution < -0.4 is 4.74 Å². The normalized spacial score (nSPS) is 21.4. The summed E-state index contributed by atoms with van der Waals surface area (Å²) in [6.07, 6.45) is 3.60. The molecule has 2 atom stereocenters. The Hall–Kier alpha value is -1.85. The van der Waals surface area contributed by atoms with Gasteiger partial charge >= 0.3 is 0 Å². The molecular formula is C19H19ClN2O2S. The van der Waals surface area contributed by atoms with E-state index in [-0.39, 0.29) is 18.0 Å². The number of thioether (sulfide) groups is 1. The topological polar surface area (TPSA) is 45.1 Å². The molecule has 2 aromatic rings. The predicted molar refractivity (Wildman–Crippen MR) is 103 cm³/mol. The summed E-state index contributed by atoms with van der Waals surface area (Å²) in [6, 6.07) is 13.2. The second-order valence-corrected chi connectivity index (χ2v) is 7.62. The van der Waals surface area contributed by atoms with E-state index in [9.17, 15) is 5.11 Å². The maximum atomic E-state index is 10.2. The summed E-state index contributed by atoms with van der Waals surface area (Å²) in [5.41, 5.74) is 2.72. The van der Waals surface area contributed by atoms with Crippen molar-refractivity contribution in [3.8, 4) is 11.5 Å². The Kier molecular flexibility index (Phi) is 4.52. The van der Waals surface area contributed by atoms with Gasteiger partial charge in [-0.05, 0) is 42.3 Å². The van der Waals surface area contributed by atoms with Crippen LogP contribution in [0.15, 0.2) is 47.6 Å². The number of aromatic hydroxyl groups is 1. The number of phenolic OH excluding ortho intramolecular Hbond substituents is 1. The van der Waals surface area contributed by atoms with Crippen LogP contribution >= 0.6 is 23.4 Å². The third-order valence-electron chi connectivity index (χ3n) is 4.61. The molecule has 0 unspecified atom stereocenters. The number of para-hydroxylation sites is 1. The van der Waals surface area contributed by atoms with Crippen LogP contribution in [0, 0.1) is 0 Å². The zero-order valence-electron chi connectivity index (χ0n) is 13.9. The fraction of sp³-hybridized carbons (Fsp3) is 0.316. The molecule has 0 aromatic heterocycles. The van der Waals surface area contributed by atoms with E-state index < -0.39 is 0 Å². The molecule has 2 heterocycles. The second-order valence-electron chi connectivity index (χ2n) is 6.20. The Morgan fingerprint density at radius 3 is 2.96 bits per heavy atom. The number of hydrogen-bond donors (Lipinski definition) is 1. The highest BCUT2D eigenvalue weighted by atomic mass is 35.5. The van der Waals surface area contributed by atoms with Gasteiger partial charge in [-0.15, -0.1) is 0 Å². The van der Waals surface area contributed by atoms with E-state index in [1.807, 2.05) is 41.4 Å². The molecule has 0 bridgehead atoms. The molecule has 0 aliphatic carbocycles. The van der Waals surface area contributed by atoms with Gasteiger partial charge in [-0.25, -0.2) is 0 Å². The first-order valence-electron chi connectivity index (χ1n) is 8.26. The van der Waals surface area contributed by atoms with Gasteiger partial charge in [-0.1, -0.05) is 23.7 Å². The zero-order chi connectivity index (χ0) is 17.4. The number of ether oxygens (including phenoxy) is 1. The van der Waals surface area contributed by atoms with Crippen molar-refractivity contribution in [3.05, 3.63) is 58.6 Å². The summed E-state index contributed by atoms with van der Waals surface area (Å²) in [4.78, 5) is 0. The Morgan fingerprint density at radius 1 is 1.32 bits per heavy atom. The zero-order valence-corrected chi connectivity index (χ0v) is 15.4. The monoisotopic (exact) mass is 374 g/mol. The molecule has 1 N–H and O–H groups in total. The number of nitrogens with zero attached hydrogens (tertiary/aromatic N) is 2. The van der Waals surface area contributed by atoms with Gasteiger partial charge < -0.3 is 9.84 Å². The molecule has 2 aromatic carbocycles. The van der Waals surface area contributed by atoms with Crippen LogP contribution in [0.4, 0.5) is 0 Å². The fourth-order valence-electron chi connectivity index (χ4n) is 3.42. The van der Waals surface area contributed by atoms with Gasteiger partial charge in [-0.2, -0.15) is 16.9 Å². The number of halogens is 1. The number of phenols is 1. The molecule has 2 aliphatic rings. The SMILES string of the molecule is CSCC[C@H]1Oc2ccc(Cl)cc2[C@@H]2CC(c3ccccc3O)=NN12. The van der Waals surface area contributed by atoms with Crippen molar-refractivity contribution in [1.82, 2.24) is 5.01 Å². The molecule has 4 nitrogen and oxygen atoms in total. The summed E-state index contributed by atoms with van der Waals surface area (Å²) < 4.78 is 6.20. The average molecular weight is 375 g/mol. The van der Waals surface area contributed by atoms with Gasteiger partial charge in [0.15, 0.2) is 6.23 Å². The summed E-state index contributed by atoms with van der Waals surface area (Å²) in [7, 11) is 0. The van der Waals surface area contributed by atoms with Crippen LogP contribution in [0.3, 0.4) is 0 Å². The quantitative estimate of drug-likeness (QED) is 0.844. The molecule has 0 radical (unpaired) electrons. The number of hydrogen-bond acceptors (Lipinski definition) is 5. The number of fused-ring (bicyclic) bond motifs is 3. The summed E-state index contributed by atoms with van der Waals surface area (Å²) in [6.45, 7) is 0. The van der Waals surface area contributed by atoms with E-state index in [1.165, 1.54) is 0 Å². The lowest BCUT2D eigenvalue weighted by atomic mass is 9.96. The lowest BCUT2D eigenvalue weighted by Crippen LogP contribution is -2.40. The number of rotatable bonds is 4. The standard InChI is InChI=1S/C19H19ClN2O2S/c1-25-9-8-19-22-16(14-10-12(20)6-7-18(14)24-19)11-15(21-22)13-4-2-3-5-17(13)23/h2-7,10,16,19,23H,8-9,11H2,1H3/t16-,19+/m0/s1. The van der Waals surface area contributed by atoms with Gasteiger partial charge in [0.1, 0.15) is 11.5 Å². The van der Waals surface area contributed by atoms with Crippen molar-refractivity contribution in [2.24, 2.45) is 5.10 Å². The lowest BCUT2D eigenvalue weighted by Gasteiger charge is -2.38. The Labute approximate surface area is 156 Å². The van der Waals surface area contributed by atoms with Crippen molar-refractivity contribution in [2.45, 2.75) is 25.1 Å². The van der Waals surface area contributed by atoms with E-state index in [4.69, 9.17) is 21.4 Å². The van der Waals surface area contributed by atoms with E-state index in [2.05, 4.69) is 6.26 Å². The van der Waals surface area contributed by atoms with Crippen molar-refractivity contribution >= 4 is 29.1 Å². The molecule has 0 fully saturated rings. The van der Waals surface area contributed by atoms with Crippen LogP contribution in [0.25, 0.3) is 0 Å². The number of hydrazone groups is 1. The first-order valence-corrected chi connectivity index (χ1v) is 10.0. The maximum Gasteiger partial charge on any atom is 0.188 e. The van der Waals surface area contributed by atoms with E-state index >= 15 is 0 Å². The van der Waals surface area contributed by atoms with Crippen LogP contribution in [-0.2, 0) is 0 Å². The fourth-order valence-corrected chi connectivity index (χ4v) is 4.04. The molecule has 130 valence electrons. The Morgan fingerprint density at radius 2 is 2.16 bits per heavy atom. The van der Waals surface area contributed by atoms with Gasteiger partial charge in [0.25, 0.3) is 0 Å². The van der Waals surface area contributed by atoms with Crippen molar-refractivity contribution in [2.75, 3.05) is 12.0 Å². The Balaban J connectivity index is 1.73. The molecule has 0 spiro atoms. The first kappa shape index (κ1) is 16.6. The highest BCUT2D eigenvalue weighted by Gasteiger charge is 2.40. The van der Waals surface area contributed by atoms with Crippen LogP contribution in [0.2, 0.25) is 5.02 Å². The number of benzene rings is 2. The molecule has 25 heavy (non-hydrogen) atoms. The average Bonchev–Trinajstić information content (AvgIpc) is 3.06. The molecule has 0 saturated heterocycles. The van der Waals surface area contributed by atoms with Crippen LogP contribution in [0.5, 0.6) is 11.5 Å². The van der Waals surface area contributed by atoms with Gasteiger partial charge in [0, 0.05) is 29.0 Å². The smallest absolute Gasteiger partial charge is 0.188 e. The molecule has 4 rings (SSSR count). The molecule has 0 amide bonds. The third kappa shape index (κ3) is 3.07. The minimum Gasteiger partial charge on any atom is -0.507 e. The largest absolute Gasteiger partial charge is 0.507 e. The minimum atomic E-state index is -0.102. The highest BCUT2D eigenvalue weighted by Crippen LogP contribution is 2.45. The molecule has 6 heteroatoms. The van der Waals surface area contributed by atoms with Crippen molar-refractivity contribution in [3.63, 3.8) is 0 Å². The highest BCUT2D eigenvalue weighted by molar-refractivity contribution is 7.98. The Bertz CT molecular complexity index is 827. The van der Waals surface area contributed by atoms with E-state index in [0.717, 1.165) is 41.2 Å². The second kappa shape index (κ2) is 6.81. The van der Waals surface area contributed by atoms with E-state index in [0.29, 0.717) is 5.02 Å². The maximum absolute atomic E-state index is 10.2. The predicted octanol–water partition coefficient (Wildman–Crippen LogP) is 4.67. The van der Waals surface area contributed by atoms with Crippen molar-refractivity contribution in [1.29, 1.82) is 0 Å². The minimum absolute atomic E-state index is 0.0870. The van der Waals surface area contributed by atoms with Gasteiger partial charge in [0.2, 0.25) is 0 Å².